The lowest BCUT2D eigenvalue weighted by molar-refractivity contribution is -0.140. The molecule has 1 aliphatic heterocycles. The molecule has 1 fully saturated rings. The van der Waals surface area contributed by atoms with Crippen LogP contribution in [0.5, 0.6) is 0 Å². The lowest BCUT2D eigenvalue weighted by atomic mass is 10.0. The molecule has 6 nitrogen and oxygen atoms in total. The van der Waals surface area contributed by atoms with Crippen molar-refractivity contribution in [1.29, 1.82) is 0 Å². The Morgan fingerprint density at radius 1 is 1.23 bits per heavy atom. The smallest absolute Gasteiger partial charge is 0.379 e. The number of hydrogen-bond donors (Lipinski definition) is 2. The van der Waals surface area contributed by atoms with Gasteiger partial charge in [-0.15, -0.1) is 11.3 Å². The molecule has 2 N–H and O–H groups in total. The van der Waals surface area contributed by atoms with Crippen LogP contribution in [0.15, 0.2) is 34.6 Å². The Kier molecular flexibility index (Phi) is 7.62. The average molecular weight is 445 g/mol. The van der Waals surface area contributed by atoms with Crippen LogP contribution in [0.2, 0.25) is 0 Å². The van der Waals surface area contributed by atoms with E-state index in [9.17, 15) is 17.6 Å². The third-order valence-electron chi connectivity index (χ3n) is 4.68. The molecule has 1 unspecified atom stereocenters. The maximum Gasteiger partial charge on any atom is 0.434 e. The summed E-state index contributed by atoms with van der Waals surface area (Å²) >= 11 is 0.940. The molecule has 2 heterocycles. The van der Waals surface area contributed by atoms with Gasteiger partial charge < -0.3 is 15.4 Å². The molecule has 11 heteroatoms. The number of aromatic nitrogens is 1. The van der Waals surface area contributed by atoms with Gasteiger partial charge in [0.05, 0.1) is 25.8 Å². The van der Waals surface area contributed by atoms with Crippen molar-refractivity contribution < 1.29 is 22.3 Å². The van der Waals surface area contributed by atoms with E-state index < -0.39 is 11.9 Å². The molecule has 1 atom stereocenters. The number of morpholine rings is 1. The van der Waals surface area contributed by atoms with E-state index in [2.05, 4.69) is 25.5 Å². The second kappa shape index (κ2) is 10.2. The summed E-state index contributed by atoms with van der Waals surface area (Å²) in [6.07, 6.45) is -4.45. The average Bonchev–Trinajstić information content (AvgIpc) is 3.22. The molecule has 164 valence electrons. The molecule has 0 bridgehead atoms. The SMILES string of the molecule is CN=C(NCc1nc(C(F)(F)F)cs1)NCC(c1ccc(F)cc1)N1CCOCC1. The Hall–Kier alpha value is -2.24. The highest BCUT2D eigenvalue weighted by atomic mass is 32.1. The van der Waals surface area contributed by atoms with Gasteiger partial charge in [-0.25, -0.2) is 9.37 Å². The van der Waals surface area contributed by atoms with Crippen molar-refractivity contribution in [3.63, 3.8) is 0 Å². The van der Waals surface area contributed by atoms with E-state index >= 15 is 0 Å². The van der Waals surface area contributed by atoms with Crippen LogP contribution in [0.3, 0.4) is 0 Å². The highest BCUT2D eigenvalue weighted by molar-refractivity contribution is 7.09. The minimum atomic E-state index is -4.45. The first-order valence-electron chi connectivity index (χ1n) is 9.40. The number of benzene rings is 1. The summed E-state index contributed by atoms with van der Waals surface area (Å²) in [4.78, 5) is 9.98. The van der Waals surface area contributed by atoms with Gasteiger partial charge in [0.15, 0.2) is 11.7 Å². The number of alkyl halides is 3. The predicted molar refractivity (Wildman–Crippen MR) is 107 cm³/mol. The van der Waals surface area contributed by atoms with Gasteiger partial charge in [0.2, 0.25) is 0 Å². The van der Waals surface area contributed by atoms with Crippen molar-refractivity contribution in [2.45, 2.75) is 18.8 Å². The first-order valence-corrected chi connectivity index (χ1v) is 10.3. The van der Waals surface area contributed by atoms with Crippen LogP contribution in [-0.2, 0) is 17.5 Å². The summed E-state index contributed by atoms with van der Waals surface area (Å²) in [6.45, 7) is 3.34. The first-order chi connectivity index (χ1) is 14.4. The van der Waals surface area contributed by atoms with Crippen molar-refractivity contribution >= 4 is 17.3 Å². The monoisotopic (exact) mass is 445 g/mol. The van der Waals surface area contributed by atoms with Gasteiger partial charge in [-0.05, 0) is 17.7 Å². The third-order valence-corrected chi connectivity index (χ3v) is 5.53. The molecule has 0 aliphatic carbocycles. The number of guanidine groups is 1. The molecule has 0 saturated carbocycles. The summed E-state index contributed by atoms with van der Waals surface area (Å²) in [6, 6.07) is 6.32. The number of aliphatic imine (C=N–C) groups is 1. The van der Waals surface area contributed by atoms with Crippen LogP contribution in [0.4, 0.5) is 17.6 Å². The summed E-state index contributed by atoms with van der Waals surface area (Å²) < 4.78 is 56.8. The number of nitrogens with zero attached hydrogens (tertiary/aromatic N) is 3. The Morgan fingerprint density at radius 3 is 2.53 bits per heavy atom. The minimum Gasteiger partial charge on any atom is -0.379 e. The van der Waals surface area contributed by atoms with Gasteiger partial charge in [-0.1, -0.05) is 12.1 Å². The molecule has 1 aromatic carbocycles. The molecule has 1 saturated heterocycles. The number of nitrogens with one attached hydrogen (secondary N) is 2. The summed E-state index contributed by atoms with van der Waals surface area (Å²) in [7, 11) is 1.58. The highest BCUT2D eigenvalue weighted by Crippen LogP contribution is 2.30. The molecule has 0 spiro atoms. The number of ether oxygens (including phenoxy) is 1. The fourth-order valence-corrected chi connectivity index (χ4v) is 3.87. The quantitative estimate of drug-likeness (QED) is 0.407. The summed E-state index contributed by atoms with van der Waals surface area (Å²) in [5.74, 6) is 0.144. The van der Waals surface area contributed by atoms with Crippen molar-refractivity contribution in [2.24, 2.45) is 4.99 Å². The summed E-state index contributed by atoms with van der Waals surface area (Å²) in [5.41, 5.74) is 0.0620. The van der Waals surface area contributed by atoms with Crippen LogP contribution in [-0.4, -0.2) is 55.7 Å². The fraction of sp³-hybridized carbons (Fsp3) is 0.474. The number of hydrogen-bond acceptors (Lipinski definition) is 5. The van der Waals surface area contributed by atoms with E-state index in [0.717, 1.165) is 35.4 Å². The Labute approximate surface area is 176 Å². The zero-order valence-electron chi connectivity index (χ0n) is 16.4. The van der Waals surface area contributed by atoms with Gasteiger partial charge in [0.1, 0.15) is 10.8 Å². The Balaban J connectivity index is 1.61. The maximum absolute atomic E-state index is 13.3. The normalized spacial score (nSPS) is 17.0. The molecule has 1 aromatic heterocycles. The van der Waals surface area contributed by atoms with Gasteiger partial charge in [-0.3, -0.25) is 9.89 Å². The van der Waals surface area contributed by atoms with Crippen LogP contribution >= 0.6 is 11.3 Å². The molecular weight excluding hydrogens is 422 g/mol. The highest BCUT2D eigenvalue weighted by Gasteiger charge is 2.33. The minimum absolute atomic E-state index is 0.0373. The van der Waals surface area contributed by atoms with Gasteiger partial charge >= 0.3 is 6.18 Å². The van der Waals surface area contributed by atoms with Crippen molar-refractivity contribution in [3.8, 4) is 0 Å². The zero-order chi connectivity index (χ0) is 21.6. The zero-order valence-corrected chi connectivity index (χ0v) is 17.2. The van der Waals surface area contributed by atoms with Gasteiger partial charge in [0, 0.05) is 32.1 Å². The lowest BCUT2D eigenvalue weighted by Gasteiger charge is -2.35. The fourth-order valence-electron chi connectivity index (χ4n) is 3.13. The van der Waals surface area contributed by atoms with E-state index in [1.165, 1.54) is 12.1 Å². The Bertz CT molecular complexity index is 834. The van der Waals surface area contributed by atoms with E-state index in [-0.39, 0.29) is 18.4 Å². The molecule has 30 heavy (non-hydrogen) atoms. The third kappa shape index (κ3) is 6.13. The molecule has 0 amide bonds. The van der Waals surface area contributed by atoms with Gasteiger partial charge in [0.25, 0.3) is 0 Å². The van der Waals surface area contributed by atoms with E-state index in [4.69, 9.17) is 4.74 Å². The Morgan fingerprint density at radius 2 is 1.93 bits per heavy atom. The number of thiazole rings is 1. The maximum atomic E-state index is 13.3. The first kappa shape index (κ1) is 22.4. The molecule has 2 aromatic rings. The topological polar surface area (TPSA) is 61.8 Å². The summed E-state index contributed by atoms with van der Waals surface area (Å²) in [5, 5.41) is 7.50. The molecular formula is C19H23F4N5OS. The van der Waals surface area contributed by atoms with Crippen molar-refractivity contribution in [2.75, 3.05) is 39.9 Å². The van der Waals surface area contributed by atoms with Gasteiger partial charge in [-0.2, -0.15) is 13.2 Å². The lowest BCUT2D eigenvalue weighted by Crippen LogP contribution is -2.46. The van der Waals surface area contributed by atoms with Crippen LogP contribution in [0, 0.1) is 5.82 Å². The second-order valence-corrected chi connectivity index (χ2v) is 7.59. The number of halogens is 4. The van der Waals surface area contributed by atoms with Crippen LogP contribution in [0.1, 0.15) is 22.3 Å². The largest absolute Gasteiger partial charge is 0.434 e. The van der Waals surface area contributed by atoms with Crippen LogP contribution in [0.25, 0.3) is 0 Å². The predicted octanol–water partition coefficient (Wildman–Crippen LogP) is 3.04. The van der Waals surface area contributed by atoms with E-state index in [0.29, 0.717) is 30.7 Å². The molecule has 3 rings (SSSR count). The number of rotatable bonds is 6. The van der Waals surface area contributed by atoms with E-state index in [1.54, 1.807) is 19.2 Å². The second-order valence-electron chi connectivity index (χ2n) is 6.65. The van der Waals surface area contributed by atoms with Crippen molar-refractivity contribution in [3.05, 3.63) is 51.7 Å². The molecule has 0 radical (unpaired) electrons. The molecule has 1 aliphatic rings. The van der Waals surface area contributed by atoms with Crippen LogP contribution < -0.4 is 10.6 Å². The standard InChI is InChI=1S/C19H23F4N5OS/c1-24-18(26-11-17-27-16(12-30-17)19(21,22)23)25-10-15(28-6-8-29-9-7-28)13-2-4-14(20)5-3-13/h2-5,12,15H,6-11H2,1H3,(H2,24,25,26). The van der Waals surface area contributed by atoms with Crippen molar-refractivity contribution in [1.82, 2.24) is 20.5 Å². The van der Waals surface area contributed by atoms with E-state index in [1.807, 2.05) is 0 Å².